The van der Waals surface area contributed by atoms with E-state index < -0.39 is 5.41 Å². The largest absolute Gasteiger partial charge is 0.497 e. The monoisotopic (exact) mass is 726 g/mol. The number of hydrogen-bond acceptors (Lipinski definition) is 6. The number of unbranched alkanes of at least 4 members (excludes halogenated alkanes) is 2. The van der Waals surface area contributed by atoms with Crippen LogP contribution < -0.4 is 20.1 Å². The molecule has 0 bridgehead atoms. The standard InChI is InChI=1S/C43H43N4O3PS/c1-49-33-21-17-30(18-22-33)25-27-44-41(48)43(38-15-6-4-13-36(38)37-14-5-7-16-39(37)43)26-8-3-9-28-52-42-46-45-40(31-19-23-34(50-2)24-20-31)47(42)32-11-10-12-35(51)29-32/h4-7,10-24,29H,3,8-9,25-28,51H2,1-2H3,(H,44,48). The van der Waals surface area contributed by atoms with Crippen LogP contribution in [-0.4, -0.2) is 47.2 Å². The van der Waals surface area contributed by atoms with Gasteiger partial charge < -0.3 is 14.8 Å². The minimum absolute atomic E-state index is 0.0725. The molecule has 52 heavy (non-hydrogen) atoms. The summed E-state index contributed by atoms with van der Waals surface area (Å²) >= 11 is 1.72. The molecule has 1 aliphatic rings. The van der Waals surface area contributed by atoms with Crippen molar-refractivity contribution < 1.29 is 14.3 Å². The molecule has 1 heterocycles. The SMILES string of the molecule is COc1ccc(CCNC(=O)C2(CCCCCSc3nnc(-c4ccc(OC)cc4)n3-c3cccc(P)c3)c3ccccc3-c3ccccc32)cc1. The first-order chi connectivity index (χ1) is 25.5. The van der Waals surface area contributed by atoms with Crippen molar-refractivity contribution in [2.75, 3.05) is 26.5 Å². The topological polar surface area (TPSA) is 78.3 Å². The van der Waals surface area contributed by atoms with Crippen LogP contribution in [0.4, 0.5) is 0 Å². The number of carbonyl (C=O) groups excluding carboxylic acids is 1. The number of benzene rings is 5. The van der Waals surface area contributed by atoms with E-state index in [9.17, 15) is 4.79 Å². The van der Waals surface area contributed by atoms with E-state index in [1.54, 1.807) is 26.0 Å². The molecular formula is C43H43N4O3PS. The number of rotatable bonds is 15. The van der Waals surface area contributed by atoms with Gasteiger partial charge >= 0.3 is 0 Å². The zero-order valence-electron chi connectivity index (χ0n) is 29.5. The maximum Gasteiger partial charge on any atom is 0.235 e. The van der Waals surface area contributed by atoms with Gasteiger partial charge in [-0.2, -0.15) is 0 Å². The van der Waals surface area contributed by atoms with Crippen LogP contribution in [0.25, 0.3) is 28.2 Å². The van der Waals surface area contributed by atoms with Gasteiger partial charge in [0.15, 0.2) is 11.0 Å². The van der Waals surface area contributed by atoms with Crippen molar-refractivity contribution in [2.24, 2.45) is 0 Å². The Labute approximate surface area is 312 Å². The predicted molar refractivity (Wildman–Crippen MR) is 214 cm³/mol. The van der Waals surface area contributed by atoms with Crippen molar-refractivity contribution in [1.29, 1.82) is 0 Å². The van der Waals surface area contributed by atoms with Crippen LogP contribution in [0.15, 0.2) is 126 Å². The van der Waals surface area contributed by atoms with E-state index in [1.807, 2.05) is 42.5 Å². The van der Waals surface area contributed by atoms with Gasteiger partial charge in [0.2, 0.25) is 5.91 Å². The zero-order valence-corrected chi connectivity index (χ0v) is 31.5. The van der Waals surface area contributed by atoms with Crippen LogP contribution in [0.2, 0.25) is 0 Å². The number of fused-ring (bicyclic) bond motifs is 3. The number of methoxy groups -OCH3 is 2. The third-order valence-electron chi connectivity index (χ3n) is 9.85. The maximum absolute atomic E-state index is 14.5. The molecule has 5 aromatic carbocycles. The lowest BCUT2D eigenvalue weighted by molar-refractivity contribution is -0.125. The number of nitrogens with one attached hydrogen (secondary N) is 1. The summed E-state index contributed by atoms with van der Waals surface area (Å²) in [5.41, 5.74) is 6.92. The number of ether oxygens (including phenoxy) is 2. The van der Waals surface area contributed by atoms with Crippen LogP contribution in [0.5, 0.6) is 11.5 Å². The van der Waals surface area contributed by atoms with Crippen LogP contribution in [0.1, 0.15) is 42.4 Å². The van der Waals surface area contributed by atoms with Crippen LogP contribution in [0.3, 0.4) is 0 Å². The second kappa shape index (κ2) is 16.2. The Kier molecular flexibility index (Phi) is 11.0. The number of nitrogens with zero attached hydrogens (tertiary/aromatic N) is 3. The van der Waals surface area contributed by atoms with Gasteiger partial charge in [-0.3, -0.25) is 9.36 Å². The summed E-state index contributed by atoms with van der Waals surface area (Å²) in [6.45, 7) is 0.562. The molecular weight excluding hydrogens is 684 g/mol. The first kappa shape index (κ1) is 35.5. The highest BCUT2D eigenvalue weighted by molar-refractivity contribution is 7.99. The second-order valence-electron chi connectivity index (χ2n) is 13.0. The van der Waals surface area contributed by atoms with Gasteiger partial charge in [0.25, 0.3) is 0 Å². The number of amides is 1. The molecule has 1 amide bonds. The molecule has 1 unspecified atom stereocenters. The Hall–Kier alpha value is -4.91. The highest BCUT2D eigenvalue weighted by atomic mass is 32.2. The van der Waals surface area contributed by atoms with Gasteiger partial charge in [0, 0.05) is 17.9 Å². The molecule has 7 nitrogen and oxygen atoms in total. The van der Waals surface area contributed by atoms with Crippen LogP contribution in [-0.2, 0) is 16.6 Å². The number of thioether (sulfide) groups is 1. The highest BCUT2D eigenvalue weighted by Gasteiger charge is 2.48. The third-order valence-corrected chi connectivity index (χ3v) is 11.2. The van der Waals surface area contributed by atoms with E-state index in [1.165, 1.54) is 0 Å². The predicted octanol–water partition coefficient (Wildman–Crippen LogP) is 8.43. The summed E-state index contributed by atoms with van der Waals surface area (Å²) in [5.74, 6) is 3.38. The maximum atomic E-state index is 14.5. The summed E-state index contributed by atoms with van der Waals surface area (Å²) in [6.07, 6.45) is 4.36. The summed E-state index contributed by atoms with van der Waals surface area (Å²) < 4.78 is 12.8. The van der Waals surface area contributed by atoms with E-state index in [4.69, 9.17) is 9.47 Å². The van der Waals surface area contributed by atoms with Gasteiger partial charge in [-0.05, 0) is 101 Å². The molecule has 1 aromatic heterocycles. The van der Waals surface area contributed by atoms with Gasteiger partial charge in [0.1, 0.15) is 16.9 Å². The summed E-state index contributed by atoms with van der Waals surface area (Å²) in [5, 5.41) is 14.6. The number of carbonyl (C=O) groups is 1. The van der Waals surface area contributed by atoms with E-state index >= 15 is 0 Å². The van der Waals surface area contributed by atoms with Gasteiger partial charge in [0.05, 0.1) is 19.9 Å². The van der Waals surface area contributed by atoms with Crippen molar-refractivity contribution in [3.8, 4) is 39.7 Å². The zero-order chi connectivity index (χ0) is 35.9. The Bertz CT molecular complexity index is 2100. The van der Waals surface area contributed by atoms with Crippen molar-refractivity contribution in [2.45, 2.75) is 42.7 Å². The molecule has 264 valence electrons. The Balaban J connectivity index is 1.05. The smallest absolute Gasteiger partial charge is 0.235 e. The fraction of sp³-hybridized carbons (Fsp3) is 0.233. The van der Waals surface area contributed by atoms with Crippen molar-refractivity contribution in [3.63, 3.8) is 0 Å². The first-order valence-corrected chi connectivity index (χ1v) is 19.3. The molecule has 0 fully saturated rings. The first-order valence-electron chi connectivity index (χ1n) is 17.7. The summed E-state index contributed by atoms with van der Waals surface area (Å²) in [6, 6.07) is 41.2. The normalized spacial score (nSPS) is 12.6. The number of aromatic nitrogens is 3. The van der Waals surface area contributed by atoms with Crippen molar-refractivity contribution in [3.05, 3.63) is 138 Å². The highest BCUT2D eigenvalue weighted by Crippen LogP contribution is 2.51. The third kappa shape index (κ3) is 7.23. The minimum atomic E-state index is -0.739. The van der Waals surface area contributed by atoms with Crippen molar-refractivity contribution >= 4 is 32.2 Å². The second-order valence-corrected chi connectivity index (χ2v) is 14.7. The fourth-order valence-electron chi connectivity index (χ4n) is 7.24. The molecule has 0 saturated carbocycles. The molecule has 0 spiro atoms. The van der Waals surface area contributed by atoms with Crippen molar-refractivity contribution in [1.82, 2.24) is 20.1 Å². The van der Waals surface area contributed by atoms with Crippen LogP contribution in [0, 0.1) is 0 Å². The van der Waals surface area contributed by atoms with Gasteiger partial charge in [-0.1, -0.05) is 97.4 Å². The van der Waals surface area contributed by atoms with Gasteiger partial charge in [-0.25, -0.2) is 0 Å². The molecule has 1 N–H and O–H groups in total. The molecule has 1 atom stereocenters. The molecule has 0 saturated heterocycles. The molecule has 0 radical (unpaired) electrons. The van der Waals surface area contributed by atoms with E-state index in [-0.39, 0.29) is 5.91 Å². The quantitative estimate of drug-likeness (QED) is 0.0651. The average molecular weight is 727 g/mol. The minimum Gasteiger partial charge on any atom is -0.497 e. The molecule has 1 aliphatic carbocycles. The summed E-state index contributed by atoms with van der Waals surface area (Å²) in [7, 11) is 6.12. The van der Waals surface area contributed by atoms with E-state index in [0.29, 0.717) is 6.54 Å². The lowest BCUT2D eigenvalue weighted by atomic mass is 9.73. The van der Waals surface area contributed by atoms with Crippen LogP contribution >= 0.6 is 21.0 Å². The fourth-order valence-corrected chi connectivity index (χ4v) is 8.47. The van der Waals surface area contributed by atoms with E-state index in [2.05, 4.69) is 108 Å². The Morgan fingerprint density at radius 1 is 0.769 bits per heavy atom. The Morgan fingerprint density at radius 3 is 2.08 bits per heavy atom. The lowest BCUT2D eigenvalue weighted by Gasteiger charge is -2.31. The molecule has 7 rings (SSSR count). The lowest BCUT2D eigenvalue weighted by Crippen LogP contribution is -2.45. The Morgan fingerprint density at radius 2 is 1.42 bits per heavy atom. The average Bonchev–Trinajstić information content (AvgIpc) is 3.74. The molecule has 9 heteroatoms. The summed E-state index contributed by atoms with van der Waals surface area (Å²) in [4.78, 5) is 14.5. The molecule has 0 aliphatic heterocycles. The molecule has 6 aromatic rings. The number of hydrogen-bond donors (Lipinski definition) is 1. The van der Waals surface area contributed by atoms with Gasteiger partial charge in [-0.15, -0.1) is 19.4 Å². The van der Waals surface area contributed by atoms with E-state index in [0.717, 1.165) is 105 Å².